The molecule has 1 fully saturated rings. The van der Waals surface area contributed by atoms with Crippen LogP contribution < -0.4 is 5.32 Å². The van der Waals surface area contributed by atoms with E-state index in [0.29, 0.717) is 6.54 Å². The Morgan fingerprint density at radius 3 is 3.14 bits per heavy atom. The Balaban J connectivity index is 2.03. The van der Waals surface area contributed by atoms with Gasteiger partial charge in [0.05, 0.1) is 17.1 Å². The zero-order chi connectivity index (χ0) is 9.97. The Bertz CT molecular complexity index is 338. The number of carbonyl (C=O) groups excluding carboxylic acids is 1. The molecule has 1 aromatic rings. The molecule has 0 radical (unpaired) electrons. The normalized spacial score (nSPS) is 16.9. The number of hydrogen-bond donors (Lipinski definition) is 1. The average molecular weight is 212 g/mol. The van der Waals surface area contributed by atoms with Crippen molar-refractivity contribution in [3.63, 3.8) is 0 Å². The lowest BCUT2D eigenvalue weighted by Crippen LogP contribution is -2.45. The van der Waals surface area contributed by atoms with E-state index >= 15 is 0 Å². The maximum atomic E-state index is 11.4. The van der Waals surface area contributed by atoms with Crippen LogP contribution in [0.3, 0.4) is 0 Å². The molecule has 2 amide bonds. The molecule has 2 rings (SSSR count). The van der Waals surface area contributed by atoms with Gasteiger partial charge in [-0.25, -0.2) is 4.79 Å². The van der Waals surface area contributed by atoms with E-state index in [1.54, 1.807) is 4.90 Å². The van der Waals surface area contributed by atoms with Crippen molar-refractivity contribution in [1.82, 2.24) is 19.8 Å². The average Bonchev–Trinajstić information content (AvgIpc) is 2.56. The van der Waals surface area contributed by atoms with Gasteiger partial charge in [-0.2, -0.15) is 0 Å². The van der Waals surface area contributed by atoms with Gasteiger partial charge >= 0.3 is 6.03 Å². The van der Waals surface area contributed by atoms with Crippen molar-refractivity contribution in [1.29, 1.82) is 0 Å². The van der Waals surface area contributed by atoms with Gasteiger partial charge in [0.1, 0.15) is 0 Å². The molecule has 2 heterocycles. The minimum absolute atomic E-state index is 0.0176. The molecule has 0 aromatic carbocycles. The highest BCUT2D eigenvalue weighted by atomic mass is 32.1. The first-order chi connectivity index (χ1) is 6.77. The number of aryl methyl sites for hydroxylation is 1. The molecule has 5 nitrogen and oxygen atoms in total. The van der Waals surface area contributed by atoms with E-state index in [1.165, 1.54) is 11.5 Å². The molecule has 1 N–H and O–H groups in total. The highest BCUT2D eigenvalue weighted by molar-refractivity contribution is 7.05. The molecular formula is C8H12N4OS. The van der Waals surface area contributed by atoms with E-state index in [4.69, 9.17) is 0 Å². The predicted octanol–water partition coefficient (Wildman–Crippen LogP) is 0.762. The third-order valence-electron chi connectivity index (χ3n) is 2.25. The van der Waals surface area contributed by atoms with Crippen LogP contribution in [0, 0.1) is 6.92 Å². The van der Waals surface area contributed by atoms with Crippen LogP contribution in [0.15, 0.2) is 0 Å². The van der Waals surface area contributed by atoms with Gasteiger partial charge in [-0.3, -0.25) is 0 Å². The Morgan fingerprint density at radius 1 is 1.64 bits per heavy atom. The third-order valence-corrected chi connectivity index (χ3v) is 3.06. The van der Waals surface area contributed by atoms with E-state index in [0.717, 1.165) is 30.1 Å². The quantitative estimate of drug-likeness (QED) is 0.787. The van der Waals surface area contributed by atoms with Crippen molar-refractivity contribution >= 4 is 17.6 Å². The smallest absolute Gasteiger partial charge is 0.317 e. The maximum Gasteiger partial charge on any atom is 0.317 e. The SMILES string of the molecule is Cc1nnsc1CN1CCCNC1=O. The molecule has 1 aliphatic heterocycles. The monoisotopic (exact) mass is 212 g/mol. The lowest BCUT2D eigenvalue weighted by atomic mass is 10.3. The first-order valence-electron chi connectivity index (χ1n) is 4.58. The van der Waals surface area contributed by atoms with Crippen LogP contribution in [-0.2, 0) is 6.54 Å². The maximum absolute atomic E-state index is 11.4. The molecule has 1 aromatic heterocycles. The van der Waals surface area contributed by atoms with E-state index in [1.807, 2.05) is 6.92 Å². The van der Waals surface area contributed by atoms with Crippen LogP contribution in [0.5, 0.6) is 0 Å². The van der Waals surface area contributed by atoms with E-state index < -0.39 is 0 Å². The minimum atomic E-state index is 0.0176. The Morgan fingerprint density at radius 2 is 2.50 bits per heavy atom. The Hall–Kier alpha value is -1.17. The van der Waals surface area contributed by atoms with Gasteiger partial charge in [-0.1, -0.05) is 4.49 Å². The van der Waals surface area contributed by atoms with Crippen molar-refractivity contribution in [3.05, 3.63) is 10.6 Å². The van der Waals surface area contributed by atoms with Gasteiger partial charge in [0, 0.05) is 13.1 Å². The number of rotatable bonds is 2. The van der Waals surface area contributed by atoms with E-state index in [-0.39, 0.29) is 6.03 Å². The number of urea groups is 1. The summed E-state index contributed by atoms with van der Waals surface area (Å²) in [7, 11) is 0. The summed E-state index contributed by atoms with van der Waals surface area (Å²) in [5.74, 6) is 0. The Labute approximate surface area is 86.3 Å². The van der Waals surface area contributed by atoms with Gasteiger partial charge in [0.15, 0.2) is 0 Å². The van der Waals surface area contributed by atoms with Gasteiger partial charge in [0.25, 0.3) is 0 Å². The number of nitrogens with zero attached hydrogens (tertiary/aromatic N) is 3. The van der Waals surface area contributed by atoms with Crippen molar-refractivity contribution in [2.24, 2.45) is 0 Å². The number of amides is 2. The van der Waals surface area contributed by atoms with Crippen LogP contribution in [-0.4, -0.2) is 33.6 Å². The summed E-state index contributed by atoms with van der Waals surface area (Å²) in [5, 5.41) is 6.73. The van der Waals surface area contributed by atoms with Gasteiger partial charge in [0.2, 0.25) is 0 Å². The van der Waals surface area contributed by atoms with E-state index in [2.05, 4.69) is 14.9 Å². The number of hydrogen-bond acceptors (Lipinski definition) is 4. The summed E-state index contributed by atoms with van der Waals surface area (Å²) in [5.41, 5.74) is 0.924. The fourth-order valence-electron chi connectivity index (χ4n) is 1.40. The van der Waals surface area contributed by atoms with Crippen LogP contribution in [0.4, 0.5) is 4.79 Å². The molecule has 0 atom stereocenters. The molecule has 76 valence electrons. The van der Waals surface area contributed by atoms with Crippen molar-refractivity contribution < 1.29 is 4.79 Å². The number of nitrogens with one attached hydrogen (secondary N) is 1. The van der Waals surface area contributed by atoms with Gasteiger partial charge < -0.3 is 10.2 Å². The summed E-state index contributed by atoms with van der Waals surface area (Å²) in [4.78, 5) is 14.3. The largest absolute Gasteiger partial charge is 0.338 e. The molecule has 0 aliphatic carbocycles. The highest BCUT2D eigenvalue weighted by Gasteiger charge is 2.19. The van der Waals surface area contributed by atoms with Gasteiger partial charge in [-0.05, 0) is 24.9 Å². The topological polar surface area (TPSA) is 58.1 Å². The number of carbonyl (C=O) groups is 1. The second-order valence-electron chi connectivity index (χ2n) is 3.29. The zero-order valence-electron chi connectivity index (χ0n) is 7.99. The van der Waals surface area contributed by atoms with Crippen molar-refractivity contribution in [3.8, 4) is 0 Å². The Kier molecular flexibility index (Phi) is 2.62. The summed E-state index contributed by atoms with van der Waals surface area (Å²) in [6.45, 7) is 4.16. The van der Waals surface area contributed by atoms with Crippen LogP contribution in [0.25, 0.3) is 0 Å². The molecule has 0 unspecified atom stereocenters. The van der Waals surface area contributed by atoms with Gasteiger partial charge in [-0.15, -0.1) is 5.10 Å². The molecule has 1 aliphatic rings. The van der Waals surface area contributed by atoms with Crippen LogP contribution >= 0.6 is 11.5 Å². The first kappa shape index (κ1) is 9.39. The fraction of sp³-hybridized carbons (Fsp3) is 0.625. The van der Waals surface area contributed by atoms with Crippen LogP contribution in [0.2, 0.25) is 0 Å². The lowest BCUT2D eigenvalue weighted by molar-refractivity contribution is 0.184. The van der Waals surface area contributed by atoms with Crippen molar-refractivity contribution in [2.45, 2.75) is 19.9 Å². The molecule has 0 saturated carbocycles. The molecule has 14 heavy (non-hydrogen) atoms. The summed E-state index contributed by atoms with van der Waals surface area (Å²) in [6, 6.07) is 0.0176. The zero-order valence-corrected chi connectivity index (χ0v) is 8.80. The highest BCUT2D eigenvalue weighted by Crippen LogP contribution is 2.13. The predicted molar refractivity (Wildman–Crippen MR) is 53.1 cm³/mol. The van der Waals surface area contributed by atoms with E-state index in [9.17, 15) is 4.79 Å². The molecule has 1 saturated heterocycles. The molecule has 0 spiro atoms. The minimum Gasteiger partial charge on any atom is -0.338 e. The third kappa shape index (κ3) is 1.84. The molecular weight excluding hydrogens is 200 g/mol. The lowest BCUT2D eigenvalue weighted by Gasteiger charge is -2.26. The van der Waals surface area contributed by atoms with Crippen molar-refractivity contribution in [2.75, 3.05) is 13.1 Å². The molecule has 0 bridgehead atoms. The standard InChI is InChI=1S/C8H12N4OS/c1-6-7(14-11-10-6)5-12-4-2-3-9-8(12)13/h2-5H2,1H3,(H,9,13). The second-order valence-corrected chi connectivity index (χ2v) is 4.13. The first-order valence-corrected chi connectivity index (χ1v) is 5.35. The summed E-state index contributed by atoms with van der Waals surface area (Å²) < 4.78 is 3.85. The second kappa shape index (κ2) is 3.91. The summed E-state index contributed by atoms with van der Waals surface area (Å²) >= 11 is 1.36. The summed E-state index contributed by atoms with van der Waals surface area (Å²) in [6.07, 6.45) is 1.01. The van der Waals surface area contributed by atoms with Crippen LogP contribution in [0.1, 0.15) is 17.0 Å². The molecule has 6 heteroatoms. The fourth-order valence-corrected chi connectivity index (χ4v) is 2.05. The number of aromatic nitrogens is 2.